The average Bonchev–Trinajstić information content (AvgIpc) is 2.62. The molecule has 0 unspecified atom stereocenters. The highest BCUT2D eigenvalue weighted by Crippen LogP contribution is 2.19. The van der Waals surface area contributed by atoms with Gasteiger partial charge in [-0.3, -0.25) is 9.59 Å². The predicted octanol–water partition coefficient (Wildman–Crippen LogP) is 3.62. The largest absolute Gasteiger partial charge is 0.453 e. The Hall–Kier alpha value is -3.13. The van der Waals surface area contributed by atoms with Crippen LogP contribution in [-0.2, 0) is 14.3 Å². The summed E-state index contributed by atoms with van der Waals surface area (Å²) >= 11 is 0. The van der Waals surface area contributed by atoms with Gasteiger partial charge in [-0.15, -0.1) is 0 Å². The second-order valence-electron chi connectivity index (χ2n) is 5.83. The maximum atomic E-state index is 12.1. The van der Waals surface area contributed by atoms with Crippen molar-refractivity contribution in [3.8, 4) is 6.07 Å². The molecule has 0 bridgehead atoms. The number of rotatable bonds is 6. The predicted molar refractivity (Wildman–Crippen MR) is 94.8 cm³/mol. The molecule has 1 N–H and O–H groups in total. The topological polar surface area (TPSA) is 79.2 Å². The van der Waals surface area contributed by atoms with Crippen LogP contribution >= 0.6 is 0 Å². The molecule has 1 amide bonds. The van der Waals surface area contributed by atoms with E-state index >= 15 is 0 Å². The van der Waals surface area contributed by atoms with Crippen LogP contribution in [0, 0.1) is 11.3 Å². The van der Waals surface area contributed by atoms with Gasteiger partial charge in [0, 0.05) is 5.69 Å². The van der Waals surface area contributed by atoms with Crippen LogP contribution in [0.4, 0.5) is 5.69 Å². The third-order valence-corrected chi connectivity index (χ3v) is 3.80. The van der Waals surface area contributed by atoms with Crippen LogP contribution in [0.5, 0.6) is 0 Å². The fourth-order valence-electron chi connectivity index (χ4n) is 2.32. The van der Waals surface area contributed by atoms with Crippen LogP contribution in [0.1, 0.15) is 37.3 Å². The van der Waals surface area contributed by atoms with Gasteiger partial charge in [0.25, 0.3) is 5.91 Å². The molecule has 2 aromatic carbocycles. The molecule has 0 saturated carbocycles. The number of hydrogen-bond donors (Lipinski definition) is 1. The summed E-state index contributed by atoms with van der Waals surface area (Å²) in [4.78, 5) is 24.1. The van der Waals surface area contributed by atoms with Gasteiger partial charge in [-0.1, -0.05) is 37.3 Å². The van der Waals surface area contributed by atoms with Gasteiger partial charge in [-0.05, 0) is 42.7 Å². The van der Waals surface area contributed by atoms with E-state index < -0.39 is 18.0 Å². The fraction of sp³-hybridized carbons (Fsp3) is 0.250. The van der Waals surface area contributed by atoms with Crippen molar-refractivity contribution in [2.24, 2.45) is 0 Å². The van der Waals surface area contributed by atoms with E-state index in [-0.39, 0.29) is 12.3 Å². The van der Waals surface area contributed by atoms with Crippen molar-refractivity contribution in [1.29, 1.82) is 5.26 Å². The van der Waals surface area contributed by atoms with E-state index in [1.54, 1.807) is 24.3 Å². The van der Waals surface area contributed by atoms with Crippen LogP contribution in [-0.4, -0.2) is 18.0 Å². The van der Waals surface area contributed by atoms with Crippen LogP contribution in [0.3, 0.4) is 0 Å². The minimum absolute atomic E-state index is 0.0162. The number of carbonyl (C=O) groups is 2. The molecule has 0 heterocycles. The third-order valence-electron chi connectivity index (χ3n) is 3.80. The van der Waals surface area contributed by atoms with Crippen molar-refractivity contribution in [3.05, 3.63) is 65.7 Å². The maximum absolute atomic E-state index is 12.1. The molecule has 0 aliphatic carbocycles. The summed E-state index contributed by atoms with van der Waals surface area (Å²) < 4.78 is 5.22. The van der Waals surface area contributed by atoms with E-state index in [0.29, 0.717) is 11.3 Å². The van der Waals surface area contributed by atoms with Crippen molar-refractivity contribution in [1.82, 2.24) is 0 Å². The minimum atomic E-state index is -0.897. The van der Waals surface area contributed by atoms with E-state index in [0.717, 1.165) is 5.56 Å². The summed E-state index contributed by atoms with van der Waals surface area (Å²) in [5, 5.41) is 11.4. The number of anilines is 1. The Morgan fingerprint density at radius 3 is 2.32 bits per heavy atom. The lowest BCUT2D eigenvalue weighted by Gasteiger charge is -2.16. The number of nitriles is 1. The Kier molecular flexibility index (Phi) is 6.30. The second kappa shape index (κ2) is 8.65. The van der Waals surface area contributed by atoms with E-state index in [9.17, 15) is 9.59 Å². The van der Waals surface area contributed by atoms with Gasteiger partial charge in [0.1, 0.15) is 0 Å². The SMILES string of the molecule is C[C@H](OC(=O)C[C@H](C)c1ccccc1)C(=O)Nc1ccc(C#N)cc1. The molecule has 0 radical (unpaired) electrons. The lowest BCUT2D eigenvalue weighted by atomic mass is 9.98. The fourth-order valence-corrected chi connectivity index (χ4v) is 2.32. The van der Waals surface area contributed by atoms with Crippen LogP contribution in [0.25, 0.3) is 0 Å². The first-order chi connectivity index (χ1) is 12.0. The summed E-state index contributed by atoms with van der Waals surface area (Å²) in [5.41, 5.74) is 2.10. The van der Waals surface area contributed by atoms with Gasteiger partial charge < -0.3 is 10.1 Å². The van der Waals surface area contributed by atoms with E-state index in [1.807, 2.05) is 43.3 Å². The molecule has 0 spiro atoms. The minimum Gasteiger partial charge on any atom is -0.453 e. The average molecular weight is 336 g/mol. The van der Waals surface area contributed by atoms with Crippen molar-refractivity contribution < 1.29 is 14.3 Å². The molecular formula is C20H20N2O3. The van der Waals surface area contributed by atoms with Gasteiger partial charge in [0.15, 0.2) is 6.10 Å². The van der Waals surface area contributed by atoms with Gasteiger partial charge in [0.05, 0.1) is 18.1 Å². The Morgan fingerprint density at radius 2 is 1.72 bits per heavy atom. The summed E-state index contributed by atoms with van der Waals surface area (Å²) in [5.74, 6) is -0.813. The van der Waals surface area contributed by atoms with Crippen molar-refractivity contribution in [2.75, 3.05) is 5.32 Å². The molecule has 0 aromatic heterocycles. The molecule has 25 heavy (non-hydrogen) atoms. The van der Waals surface area contributed by atoms with E-state index in [4.69, 9.17) is 10.00 Å². The van der Waals surface area contributed by atoms with Crippen LogP contribution < -0.4 is 5.32 Å². The first kappa shape index (κ1) is 18.2. The summed E-state index contributed by atoms with van der Waals surface area (Å²) in [6, 6.07) is 18.1. The second-order valence-corrected chi connectivity index (χ2v) is 5.83. The zero-order valence-corrected chi connectivity index (χ0v) is 14.2. The first-order valence-electron chi connectivity index (χ1n) is 8.05. The van der Waals surface area contributed by atoms with E-state index in [2.05, 4.69) is 5.32 Å². The molecular weight excluding hydrogens is 316 g/mol. The zero-order chi connectivity index (χ0) is 18.2. The zero-order valence-electron chi connectivity index (χ0n) is 14.2. The normalized spacial score (nSPS) is 12.5. The molecule has 0 aliphatic heterocycles. The van der Waals surface area contributed by atoms with E-state index in [1.165, 1.54) is 6.92 Å². The molecule has 0 aliphatic rings. The highest BCUT2D eigenvalue weighted by atomic mass is 16.5. The Bertz CT molecular complexity index is 764. The number of nitrogens with zero attached hydrogens (tertiary/aromatic N) is 1. The van der Waals surface area contributed by atoms with Gasteiger partial charge in [-0.2, -0.15) is 5.26 Å². The Balaban J connectivity index is 1.85. The number of ether oxygens (including phenoxy) is 1. The number of esters is 1. The number of hydrogen-bond acceptors (Lipinski definition) is 4. The summed E-state index contributed by atoms with van der Waals surface area (Å²) in [7, 11) is 0. The van der Waals surface area contributed by atoms with Gasteiger partial charge in [0.2, 0.25) is 0 Å². The van der Waals surface area contributed by atoms with Crippen molar-refractivity contribution >= 4 is 17.6 Å². The summed E-state index contributed by atoms with van der Waals surface area (Å²) in [6.07, 6.45) is -0.690. The number of amides is 1. The van der Waals surface area contributed by atoms with Crippen LogP contribution in [0.2, 0.25) is 0 Å². The number of benzene rings is 2. The lowest BCUT2D eigenvalue weighted by Crippen LogP contribution is -2.30. The smallest absolute Gasteiger partial charge is 0.307 e. The molecule has 0 fully saturated rings. The van der Waals surface area contributed by atoms with Gasteiger partial charge in [-0.25, -0.2) is 0 Å². The lowest BCUT2D eigenvalue weighted by molar-refractivity contribution is -0.153. The highest BCUT2D eigenvalue weighted by Gasteiger charge is 2.20. The van der Waals surface area contributed by atoms with Crippen molar-refractivity contribution in [2.45, 2.75) is 32.3 Å². The molecule has 2 atom stereocenters. The molecule has 128 valence electrons. The quantitative estimate of drug-likeness (QED) is 0.817. The monoisotopic (exact) mass is 336 g/mol. The molecule has 2 rings (SSSR count). The third kappa shape index (κ3) is 5.47. The molecule has 2 aromatic rings. The Morgan fingerprint density at radius 1 is 1.08 bits per heavy atom. The first-order valence-corrected chi connectivity index (χ1v) is 8.05. The molecule has 0 saturated heterocycles. The summed E-state index contributed by atoms with van der Waals surface area (Å²) in [6.45, 7) is 3.47. The van der Waals surface area contributed by atoms with Gasteiger partial charge >= 0.3 is 5.97 Å². The number of carbonyl (C=O) groups excluding carboxylic acids is 2. The Labute approximate surface area is 147 Å². The standard InChI is InChI=1S/C20H20N2O3/c1-14(17-6-4-3-5-7-17)12-19(23)25-15(2)20(24)22-18-10-8-16(13-21)9-11-18/h3-11,14-15H,12H2,1-2H3,(H,22,24)/t14-,15-/m0/s1. The molecule has 5 nitrogen and oxygen atoms in total. The van der Waals surface area contributed by atoms with Crippen molar-refractivity contribution in [3.63, 3.8) is 0 Å². The highest BCUT2D eigenvalue weighted by molar-refractivity contribution is 5.95. The van der Waals surface area contributed by atoms with Crippen LogP contribution in [0.15, 0.2) is 54.6 Å². The molecule has 5 heteroatoms. The number of nitrogens with one attached hydrogen (secondary N) is 1. The maximum Gasteiger partial charge on any atom is 0.307 e.